The van der Waals surface area contributed by atoms with Crippen LogP contribution in [0.4, 0.5) is 0 Å². The molecule has 5 aliphatic carbocycles. The molecule has 1 nitrogen and oxygen atoms in total. The van der Waals surface area contributed by atoms with Crippen molar-refractivity contribution in [3.05, 3.63) is 52.6 Å². The second-order valence-corrected chi connectivity index (χ2v) is 21.8. The molecule has 0 saturated heterocycles. The van der Waals surface area contributed by atoms with Crippen LogP contribution in [0.25, 0.3) is 11.1 Å². The number of nitrogens with one attached hydrogen (secondary N) is 1. The molecule has 2 aromatic rings. The molecule has 0 aromatic heterocycles. The van der Waals surface area contributed by atoms with Crippen LogP contribution in [0.15, 0.2) is 30.3 Å². The monoisotopic (exact) mass is 505 g/mol. The molecule has 188 valence electrons. The van der Waals surface area contributed by atoms with E-state index >= 15 is 0 Å². The molecule has 7 rings (SSSR count). The molecule has 0 aliphatic heterocycles. The van der Waals surface area contributed by atoms with Gasteiger partial charge in [-0.05, 0) is 0 Å². The second kappa shape index (κ2) is 7.81. The van der Waals surface area contributed by atoms with E-state index in [2.05, 4.69) is 86.1 Å². The predicted molar refractivity (Wildman–Crippen MR) is 147 cm³/mol. The first-order valence-electron chi connectivity index (χ1n) is 14.3. The molecule has 0 atom stereocenters. The summed E-state index contributed by atoms with van der Waals surface area (Å²) in [6, 6.07) is 12.3. The summed E-state index contributed by atoms with van der Waals surface area (Å²) >= 11 is -2.57. The molecule has 35 heavy (non-hydrogen) atoms. The Morgan fingerprint density at radius 2 is 1.34 bits per heavy atom. The van der Waals surface area contributed by atoms with Gasteiger partial charge in [-0.3, -0.25) is 0 Å². The molecule has 1 N–H and O–H groups in total. The van der Waals surface area contributed by atoms with Gasteiger partial charge in [-0.15, -0.1) is 0 Å². The van der Waals surface area contributed by atoms with Gasteiger partial charge in [0, 0.05) is 0 Å². The summed E-state index contributed by atoms with van der Waals surface area (Å²) in [7, 11) is 0. The Morgan fingerprint density at radius 3 is 1.89 bits per heavy atom. The van der Waals surface area contributed by atoms with Crippen molar-refractivity contribution in [2.45, 2.75) is 113 Å². The van der Waals surface area contributed by atoms with Crippen LogP contribution in [0.2, 0.25) is 10.5 Å². The Bertz CT molecular complexity index is 1140. The zero-order valence-corrected chi connectivity index (χ0v) is 25.1. The summed E-state index contributed by atoms with van der Waals surface area (Å²) in [5.41, 5.74) is 10.1. The van der Waals surface area contributed by atoms with Gasteiger partial charge in [0.2, 0.25) is 0 Å². The third kappa shape index (κ3) is 4.13. The average molecular weight is 506 g/mol. The van der Waals surface area contributed by atoms with Crippen molar-refractivity contribution in [3.8, 4) is 11.1 Å². The van der Waals surface area contributed by atoms with Crippen LogP contribution in [-0.2, 0) is 34.1 Å². The minimum atomic E-state index is -2.57. The van der Waals surface area contributed by atoms with Crippen LogP contribution >= 0.6 is 0 Å². The van der Waals surface area contributed by atoms with Gasteiger partial charge >= 0.3 is 219 Å². The molecule has 4 saturated carbocycles. The summed E-state index contributed by atoms with van der Waals surface area (Å²) < 4.78 is 6.39. The number of hydrogen-bond acceptors (Lipinski definition) is 1. The molecule has 2 aromatic carbocycles. The molecule has 4 fully saturated rings. The van der Waals surface area contributed by atoms with Crippen LogP contribution in [-0.4, -0.2) is 5.54 Å². The summed E-state index contributed by atoms with van der Waals surface area (Å²) in [4.78, 5) is 0. The molecule has 5 aliphatic rings. The van der Waals surface area contributed by atoms with Crippen molar-refractivity contribution < 1.29 is 16.8 Å². The Balaban J connectivity index is 1.44. The fourth-order valence-electron chi connectivity index (χ4n) is 9.07. The number of hydrogen-bond donors (Lipinski definition) is 1. The van der Waals surface area contributed by atoms with Crippen LogP contribution < -0.4 is 7.67 Å². The van der Waals surface area contributed by atoms with Gasteiger partial charge in [0.05, 0.1) is 0 Å². The van der Waals surface area contributed by atoms with E-state index in [1.807, 2.05) is 0 Å². The van der Waals surface area contributed by atoms with Crippen molar-refractivity contribution in [2.75, 3.05) is 0 Å². The SMILES string of the molecule is CC(C)(C)c1ccc2c(c1)Cc1c-2ccc(C(C)(C)C)[c]1[Ti]([CH3])([CH3])[NH]C12CC3CC(CC(C3)C1)C2. The topological polar surface area (TPSA) is 12.0 Å². The Hall–Kier alpha value is -0.886. The third-order valence-corrected chi connectivity index (χ3v) is 14.6. The Labute approximate surface area is 218 Å². The van der Waals surface area contributed by atoms with Gasteiger partial charge in [0.1, 0.15) is 0 Å². The average Bonchev–Trinajstić information content (AvgIpc) is 3.07. The van der Waals surface area contributed by atoms with E-state index in [4.69, 9.17) is 0 Å². The van der Waals surface area contributed by atoms with E-state index in [0.29, 0.717) is 5.54 Å². The van der Waals surface area contributed by atoms with Gasteiger partial charge in [-0.2, -0.15) is 0 Å². The molecule has 0 radical (unpaired) electrons. The zero-order valence-electron chi connectivity index (χ0n) is 23.6. The van der Waals surface area contributed by atoms with Crippen molar-refractivity contribution in [3.63, 3.8) is 0 Å². The van der Waals surface area contributed by atoms with Crippen molar-refractivity contribution in [1.29, 1.82) is 0 Å². The van der Waals surface area contributed by atoms with Crippen LogP contribution in [0, 0.1) is 17.8 Å². The first-order chi connectivity index (χ1) is 16.2. The second-order valence-electron chi connectivity index (χ2n) is 15.5. The quantitative estimate of drug-likeness (QED) is 0.354. The van der Waals surface area contributed by atoms with Gasteiger partial charge < -0.3 is 0 Å². The van der Waals surface area contributed by atoms with Gasteiger partial charge in [-0.25, -0.2) is 0 Å². The molecular formula is C33H47NTi. The number of benzene rings is 2. The third-order valence-electron chi connectivity index (χ3n) is 9.99. The molecule has 4 bridgehead atoms. The van der Waals surface area contributed by atoms with Gasteiger partial charge in [0.15, 0.2) is 0 Å². The van der Waals surface area contributed by atoms with Crippen molar-refractivity contribution in [2.24, 2.45) is 17.8 Å². The summed E-state index contributed by atoms with van der Waals surface area (Å²) in [6.07, 6.45) is 10.0. The van der Waals surface area contributed by atoms with Crippen LogP contribution in [0.3, 0.4) is 0 Å². The number of rotatable bonds is 3. The molecular weight excluding hydrogens is 458 g/mol. The predicted octanol–water partition coefficient (Wildman–Crippen LogP) is 8.20. The van der Waals surface area contributed by atoms with E-state index in [-0.39, 0.29) is 10.8 Å². The van der Waals surface area contributed by atoms with E-state index in [1.54, 1.807) is 20.6 Å². The fourth-order valence-corrected chi connectivity index (χ4v) is 15.1. The zero-order chi connectivity index (χ0) is 25.0. The fraction of sp³-hybridized carbons (Fsp3) is 0.636. The normalized spacial score (nSPS) is 29.4. The van der Waals surface area contributed by atoms with E-state index in [1.165, 1.54) is 55.2 Å². The van der Waals surface area contributed by atoms with E-state index in [0.717, 1.165) is 24.2 Å². The summed E-state index contributed by atoms with van der Waals surface area (Å²) in [6.45, 7) is 14.3. The molecule has 0 heterocycles. The van der Waals surface area contributed by atoms with Gasteiger partial charge in [0.25, 0.3) is 0 Å². The Kier molecular flexibility index (Phi) is 5.46. The van der Waals surface area contributed by atoms with Gasteiger partial charge in [-0.1, -0.05) is 0 Å². The van der Waals surface area contributed by atoms with Crippen molar-refractivity contribution in [1.82, 2.24) is 3.80 Å². The number of fused-ring (bicyclic) bond motifs is 3. The molecule has 2 heteroatoms. The standard InChI is InChI=1S/C21H25.C10H16N.2CH3.Ti/c1-20(2,3)16-7-9-18-14(12-16)11-15-13-17(21(4,5)6)8-10-19(15)18;11-10-4-7-1-8(5-10)3-9(2-7)6-10;;;/h7-10,12H,11H2,1-6H3;7-9,11H,1-6H2;2*1H3;/q;-1;;;+1. The maximum absolute atomic E-state index is 4.61. The first-order valence-corrected chi connectivity index (χ1v) is 19.0. The minimum absolute atomic E-state index is 0.168. The molecule has 0 spiro atoms. The molecule has 0 amide bonds. The Morgan fingerprint density at radius 1 is 0.771 bits per heavy atom. The maximum atomic E-state index is 4.61. The van der Waals surface area contributed by atoms with Crippen molar-refractivity contribution >= 4 is 3.87 Å². The van der Waals surface area contributed by atoms with E-state index < -0.39 is 16.8 Å². The van der Waals surface area contributed by atoms with Crippen LogP contribution in [0.5, 0.6) is 0 Å². The first kappa shape index (κ1) is 24.5. The van der Waals surface area contributed by atoms with E-state index in [9.17, 15) is 0 Å². The van der Waals surface area contributed by atoms with Crippen LogP contribution in [0.1, 0.15) is 102 Å². The summed E-state index contributed by atoms with van der Waals surface area (Å²) in [5.74, 6) is 2.99. The summed E-state index contributed by atoms with van der Waals surface area (Å²) in [5, 5.41) is 5.38. The molecule has 0 unspecified atom stereocenters.